The Labute approximate surface area is 114 Å². The number of hydrogen-bond acceptors (Lipinski definition) is 3. The largest absolute Gasteiger partial charge is 0.417 e. The molecule has 4 nitrogen and oxygen atoms in total. The van der Waals surface area contributed by atoms with Crippen LogP contribution < -0.4 is 5.76 Å². The van der Waals surface area contributed by atoms with Gasteiger partial charge in [0.15, 0.2) is 11.4 Å². The van der Waals surface area contributed by atoms with E-state index in [0.29, 0.717) is 17.6 Å². The van der Waals surface area contributed by atoms with Gasteiger partial charge in [-0.25, -0.2) is 18.0 Å². The molecule has 1 heterocycles. The summed E-state index contributed by atoms with van der Waals surface area (Å²) in [6.45, 7) is 0. The van der Waals surface area contributed by atoms with E-state index in [4.69, 9.17) is 4.42 Å². The van der Waals surface area contributed by atoms with Gasteiger partial charge in [0.25, 0.3) is 0 Å². The number of carbonyl (C=O) groups is 1. The van der Waals surface area contributed by atoms with Crippen LogP contribution in [0.25, 0.3) is 11.1 Å². The lowest BCUT2D eigenvalue weighted by Crippen LogP contribution is -2.08. The second kappa shape index (κ2) is 4.62. The molecule has 0 amide bonds. The minimum Gasteiger partial charge on any atom is -0.408 e. The van der Waals surface area contributed by atoms with Crippen molar-refractivity contribution in [2.75, 3.05) is 0 Å². The third-order valence-electron chi connectivity index (χ3n) is 2.92. The van der Waals surface area contributed by atoms with Gasteiger partial charge < -0.3 is 4.42 Å². The fourth-order valence-corrected chi connectivity index (χ4v) is 1.99. The highest BCUT2D eigenvalue weighted by molar-refractivity contribution is 6.10. The summed E-state index contributed by atoms with van der Waals surface area (Å²) in [7, 11) is 0. The number of rotatable bonds is 2. The number of carbonyl (C=O) groups excluding carboxylic acids is 1. The summed E-state index contributed by atoms with van der Waals surface area (Å²) < 4.78 is 44.8. The molecule has 0 radical (unpaired) electrons. The second-order valence-electron chi connectivity index (χ2n) is 4.30. The Bertz CT molecular complexity index is 904. The van der Waals surface area contributed by atoms with E-state index in [1.165, 1.54) is 18.2 Å². The molecular formula is C14H6F3NO3. The lowest BCUT2D eigenvalue weighted by Gasteiger charge is -2.04. The van der Waals surface area contributed by atoms with Crippen molar-refractivity contribution in [2.24, 2.45) is 0 Å². The van der Waals surface area contributed by atoms with Crippen LogP contribution in [-0.4, -0.2) is 10.8 Å². The quantitative estimate of drug-likeness (QED) is 0.739. The molecule has 106 valence electrons. The molecule has 0 saturated heterocycles. The second-order valence-corrected chi connectivity index (χ2v) is 4.30. The summed E-state index contributed by atoms with van der Waals surface area (Å²) in [6.07, 6.45) is 0. The number of aromatic amines is 1. The van der Waals surface area contributed by atoms with Crippen molar-refractivity contribution in [3.63, 3.8) is 0 Å². The van der Waals surface area contributed by atoms with Crippen molar-refractivity contribution >= 4 is 16.9 Å². The van der Waals surface area contributed by atoms with Crippen LogP contribution in [0.2, 0.25) is 0 Å². The van der Waals surface area contributed by atoms with Crippen LogP contribution in [-0.2, 0) is 0 Å². The van der Waals surface area contributed by atoms with E-state index < -0.39 is 34.6 Å². The molecule has 0 spiro atoms. The van der Waals surface area contributed by atoms with Crippen molar-refractivity contribution in [1.82, 2.24) is 4.98 Å². The fourth-order valence-electron chi connectivity index (χ4n) is 1.99. The average molecular weight is 293 g/mol. The normalized spacial score (nSPS) is 11.0. The van der Waals surface area contributed by atoms with Gasteiger partial charge in [0.05, 0.1) is 11.1 Å². The van der Waals surface area contributed by atoms with Crippen LogP contribution in [0.15, 0.2) is 39.5 Å². The van der Waals surface area contributed by atoms with Gasteiger partial charge in [0.2, 0.25) is 0 Å². The first-order chi connectivity index (χ1) is 9.95. The zero-order valence-electron chi connectivity index (χ0n) is 10.2. The van der Waals surface area contributed by atoms with Gasteiger partial charge in [0, 0.05) is 17.7 Å². The first-order valence-corrected chi connectivity index (χ1v) is 5.78. The maximum Gasteiger partial charge on any atom is 0.417 e. The Hall–Kier alpha value is -2.83. The average Bonchev–Trinajstić information content (AvgIpc) is 2.76. The Kier molecular flexibility index (Phi) is 2.90. The van der Waals surface area contributed by atoms with Gasteiger partial charge >= 0.3 is 5.76 Å². The number of fused-ring (bicyclic) bond motifs is 1. The van der Waals surface area contributed by atoms with Gasteiger partial charge in [-0.3, -0.25) is 9.78 Å². The number of ketones is 1. The number of hydrogen-bond donors (Lipinski definition) is 1. The van der Waals surface area contributed by atoms with E-state index in [0.717, 1.165) is 0 Å². The van der Waals surface area contributed by atoms with E-state index in [1.54, 1.807) is 0 Å². The summed E-state index contributed by atoms with van der Waals surface area (Å²) >= 11 is 0. The molecule has 3 aromatic rings. The number of halogens is 3. The third kappa shape index (κ3) is 2.22. The van der Waals surface area contributed by atoms with Crippen molar-refractivity contribution < 1.29 is 22.4 Å². The van der Waals surface area contributed by atoms with E-state index in [2.05, 4.69) is 4.98 Å². The van der Waals surface area contributed by atoms with Crippen LogP contribution in [0, 0.1) is 17.5 Å². The highest BCUT2D eigenvalue weighted by Gasteiger charge is 2.21. The summed E-state index contributed by atoms with van der Waals surface area (Å²) in [6, 6.07) is 4.67. The standard InChI is InChI=1S/C14H6F3NO3/c15-7-4-8(16)12(9(17)5-7)13(19)6-1-2-10-11(3-6)21-14(20)18-10/h1-5H,(H,18,20). The van der Waals surface area contributed by atoms with E-state index in [1.807, 2.05) is 0 Å². The van der Waals surface area contributed by atoms with Crippen LogP contribution in [0.5, 0.6) is 0 Å². The summed E-state index contributed by atoms with van der Waals surface area (Å²) in [5, 5.41) is 0. The van der Waals surface area contributed by atoms with Crippen LogP contribution >= 0.6 is 0 Å². The highest BCUT2D eigenvalue weighted by atomic mass is 19.1. The molecule has 0 saturated carbocycles. The Morgan fingerprint density at radius 3 is 2.38 bits per heavy atom. The SMILES string of the molecule is O=C(c1ccc2[nH]c(=O)oc2c1)c1c(F)cc(F)cc1F. The topological polar surface area (TPSA) is 63.1 Å². The third-order valence-corrected chi connectivity index (χ3v) is 2.92. The Balaban J connectivity index is 2.14. The molecule has 3 rings (SSSR count). The van der Waals surface area contributed by atoms with Gasteiger partial charge in [-0.1, -0.05) is 0 Å². The lowest BCUT2D eigenvalue weighted by atomic mass is 10.0. The molecule has 1 N–H and O–H groups in total. The molecule has 0 aliphatic carbocycles. The van der Waals surface area contributed by atoms with Crippen molar-refractivity contribution in [2.45, 2.75) is 0 Å². The molecule has 2 aromatic carbocycles. The maximum absolute atomic E-state index is 13.6. The Morgan fingerprint density at radius 1 is 1.05 bits per heavy atom. The fraction of sp³-hybridized carbons (Fsp3) is 0. The van der Waals surface area contributed by atoms with Gasteiger partial charge in [-0.05, 0) is 18.2 Å². The summed E-state index contributed by atoms with van der Waals surface area (Å²) in [4.78, 5) is 25.5. The van der Waals surface area contributed by atoms with E-state index in [-0.39, 0.29) is 11.1 Å². The number of nitrogens with one attached hydrogen (secondary N) is 1. The number of H-pyrrole nitrogens is 1. The van der Waals surface area contributed by atoms with Crippen molar-refractivity contribution in [1.29, 1.82) is 0 Å². The smallest absolute Gasteiger partial charge is 0.408 e. The minimum atomic E-state index is -1.30. The molecule has 0 aliphatic rings. The molecule has 0 bridgehead atoms. The van der Waals surface area contributed by atoms with Crippen molar-refractivity contribution in [3.05, 3.63) is 69.5 Å². The van der Waals surface area contributed by atoms with Crippen LogP contribution in [0.3, 0.4) is 0 Å². The van der Waals surface area contributed by atoms with Crippen molar-refractivity contribution in [3.8, 4) is 0 Å². The maximum atomic E-state index is 13.6. The molecular weight excluding hydrogens is 287 g/mol. The molecule has 7 heteroatoms. The summed E-state index contributed by atoms with van der Waals surface area (Å²) in [5.74, 6) is -5.40. The van der Waals surface area contributed by atoms with E-state index in [9.17, 15) is 22.8 Å². The number of benzene rings is 2. The number of oxazole rings is 1. The molecule has 0 aliphatic heterocycles. The minimum absolute atomic E-state index is 0.0776. The van der Waals surface area contributed by atoms with E-state index >= 15 is 0 Å². The zero-order valence-corrected chi connectivity index (χ0v) is 10.2. The zero-order chi connectivity index (χ0) is 15.1. The number of aromatic nitrogens is 1. The lowest BCUT2D eigenvalue weighted by molar-refractivity contribution is 0.103. The highest BCUT2D eigenvalue weighted by Crippen LogP contribution is 2.21. The predicted octanol–water partition coefficient (Wildman–Crippen LogP) is 2.77. The molecule has 21 heavy (non-hydrogen) atoms. The Morgan fingerprint density at radius 2 is 1.71 bits per heavy atom. The first-order valence-electron chi connectivity index (χ1n) is 5.78. The monoisotopic (exact) mass is 293 g/mol. The first kappa shape index (κ1) is 13.2. The van der Waals surface area contributed by atoms with Gasteiger partial charge in [0.1, 0.15) is 17.5 Å². The van der Waals surface area contributed by atoms with Crippen LogP contribution in [0.1, 0.15) is 15.9 Å². The molecule has 0 fully saturated rings. The van der Waals surface area contributed by atoms with Gasteiger partial charge in [-0.15, -0.1) is 0 Å². The molecule has 1 aromatic heterocycles. The van der Waals surface area contributed by atoms with Crippen LogP contribution in [0.4, 0.5) is 13.2 Å². The predicted molar refractivity (Wildman–Crippen MR) is 66.6 cm³/mol. The molecule has 0 atom stereocenters. The van der Waals surface area contributed by atoms with Gasteiger partial charge in [-0.2, -0.15) is 0 Å². The molecule has 0 unspecified atom stereocenters. The summed E-state index contributed by atoms with van der Waals surface area (Å²) in [5.41, 5.74) is -0.534.